The number of hydrogen-bond donors (Lipinski definition) is 2. The lowest BCUT2D eigenvalue weighted by Gasteiger charge is -2.18. The fraction of sp³-hybridized carbons (Fsp3) is 0.750. The van der Waals surface area contributed by atoms with Crippen LogP contribution in [-0.4, -0.2) is 55.1 Å². The highest BCUT2D eigenvalue weighted by Crippen LogP contribution is 2.00. The zero-order valence-electron chi connectivity index (χ0n) is 9.26. The Morgan fingerprint density at radius 3 is 2.25 bits per heavy atom. The topological polar surface area (TPSA) is 104 Å². The molecule has 0 rings (SSSR count). The minimum Gasteiger partial charge on any atom is -0.480 e. The summed E-state index contributed by atoms with van der Waals surface area (Å²) < 4.78 is 23.8. The number of hydrogen-bond acceptors (Lipinski definition) is 4. The lowest BCUT2D eigenvalue weighted by atomic mass is 10.5. The van der Waals surface area contributed by atoms with E-state index in [9.17, 15) is 18.0 Å². The Labute approximate surface area is 94.5 Å². The van der Waals surface area contributed by atoms with E-state index >= 15 is 0 Å². The third-order valence-corrected chi connectivity index (χ3v) is 3.53. The predicted molar refractivity (Wildman–Crippen MR) is 57.4 cm³/mol. The molecule has 0 atom stereocenters. The largest absolute Gasteiger partial charge is 0.480 e. The summed E-state index contributed by atoms with van der Waals surface area (Å²) in [5.41, 5.74) is 0. The molecule has 0 spiro atoms. The second-order valence-electron chi connectivity index (χ2n) is 3.03. The summed E-state index contributed by atoms with van der Waals surface area (Å²) in [5.74, 6) is -2.88. The van der Waals surface area contributed by atoms with Crippen molar-refractivity contribution in [2.24, 2.45) is 0 Å². The van der Waals surface area contributed by atoms with E-state index in [1.807, 2.05) is 0 Å². The van der Waals surface area contributed by atoms with Crippen molar-refractivity contribution in [2.75, 3.05) is 25.4 Å². The number of rotatable bonds is 7. The first kappa shape index (κ1) is 14.8. The van der Waals surface area contributed by atoms with Gasteiger partial charge in [0, 0.05) is 13.1 Å². The maximum Gasteiger partial charge on any atom is 0.320 e. The molecule has 0 aromatic carbocycles. The SMILES string of the molecule is CCNC(=O)CN(CC)S(=O)(=O)CC(=O)O. The van der Waals surface area contributed by atoms with Gasteiger partial charge in [-0.2, -0.15) is 4.31 Å². The van der Waals surface area contributed by atoms with Gasteiger partial charge < -0.3 is 10.4 Å². The Kier molecular flexibility index (Phi) is 5.97. The van der Waals surface area contributed by atoms with E-state index in [-0.39, 0.29) is 13.1 Å². The van der Waals surface area contributed by atoms with Gasteiger partial charge >= 0.3 is 5.97 Å². The van der Waals surface area contributed by atoms with Crippen LogP contribution in [-0.2, 0) is 19.6 Å². The normalized spacial score (nSPS) is 11.4. The smallest absolute Gasteiger partial charge is 0.320 e. The quantitative estimate of drug-likeness (QED) is 0.596. The zero-order chi connectivity index (χ0) is 12.8. The molecule has 0 aromatic rings. The summed E-state index contributed by atoms with van der Waals surface area (Å²) >= 11 is 0. The van der Waals surface area contributed by atoms with Crippen molar-refractivity contribution in [2.45, 2.75) is 13.8 Å². The number of nitrogens with zero attached hydrogens (tertiary/aromatic N) is 1. The van der Waals surface area contributed by atoms with Gasteiger partial charge in [0.05, 0.1) is 6.54 Å². The molecule has 0 aliphatic rings. The number of carboxylic acid groups (broad SMARTS) is 1. The number of carbonyl (C=O) groups excluding carboxylic acids is 1. The molecule has 8 heteroatoms. The molecule has 0 heterocycles. The van der Waals surface area contributed by atoms with E-state index in [1.54, 1.807) is 13.8 Å². The summed E-state index contributed by atoms with van der Waals surface area (Å²) in [6.45, 7) is 3.36. The molecule has 0 aliphatic heterocycles. The van der Waals surface area contributed by atoms with Gasteiger partial charge in [-0.15, -0.1) is 0 Å². The fourth-order valence-corrected chi connectivity index (χ4v) is 2.27. The van der Waals surface area contributed by atoms with Crippen LogP contribution < -0.4 is 5.32 Å². The lowest BCUT2D eigenvalue weighted by molar-refractivity contribution is -0.134. The van der Waals surface area contributed by atoms with Crippen molar-refractivity contribution >= 4 is 21.9 Å². The maximum absolute atomic E-state index is 11.5. The average Bonchev–Trinajstić information content (AvgIpc) is 2.12. The van der Waals surface area contributed by atoms with Gasteiger partial charge in [0.1, 0.15) is 0 Å². The number of likely N-dealkylation sites (N-methyl/N-ethyl adjacent to an activating group) is 2. The number of carboxylic acids is 1. The first-order chi connectivity index (χ1) is 7.33. The van der Waals surface area contributed by atoms with Crippen molar-refractivity contribution < 1.29 is 23.1 Å². The van der Waals surface area contributed by atoms with Crippen LogP contribution in [0.1, 0.15) is 13.8 Å². The molecular weight excluding hydrogens is 236 g/mol. The molecule has 0 radical (unpaired) electrons. The summed E-state index contributed by atoms with van der Waals surface area (Å²) in [5, 5.41) is 10.9. The van der Waals surface area contributed by atoms with E-state index in [4.69, 9.17) is 5.11 Å². The van der Waals surface area contributed by atoms with Crippen LogP contribution in [0.4, 0.5) is 0 Å². The third kappa shape index (κ3) is 5.08. The molecule has 16 heavy (non-hydrogen) atoms. The van der Waals surface area contributed by atoms with Crippen LogP contribution in [0.3, 0.4) is 0 Å². The number of amides is 1. The zero-order valence-corrected chi connectivity index (χ0v) is 10.1. The lowest BCUT2D eigenvalue weighted by Crippen LogP contribution is -2.42. The molecule has 7 nitrogen and oxygen atoms in total. The summed E-state index contributed by atoms with van der Waals surface area (Å²) in [7, 11) is -3.91. The predicted octanol–water partition coefficient (Wildman–Crippen LogP) is -1.14. The highest BCUT2D eigenvalue weighted by molar-refractivity contribution is 7.89. The number of aliphatic carboxylic acids is 1. The Bertz CT molecular complexity index is 351. The molecule has 0 saturated carbocycles. The van der Waals surface area contributed by atoms with Gasteiger partial charge in [0.25, 0.3) is 0 Å². The molecule has 0 bridgehead atoms. The van der Waals surface area contributed by atoms with Crippen LogP contribution in [0.2, 0.25) is 0 Å². The minimum absolute atomic E-state index is 0.0622. The van der Waals surface area contributed by atoms with E-state index in [0.717, 1.165) is 4.31 Å². The Morgan fingerprint density at radius 2 is 1.88 bits per heavy atom. The molecule has 94 valence electrons. The van der Waals surface area contributed by atoms with Gasteiger partial charge in [-0.05, 0) is 6.92 Å². The van der Waals surface area contributed by atoms with Crippen LogP contribution in [0, 0.1) is 0 Å². The van der Waals surface area contributed by atoms with E-state index in [0.29, 0.717) is 6.54 Å². The molecular formula is C8H16N2O5S. The number of carbonyl (C=O) groups is 2. The fourth-order valence-electron chi connectivity index (χ4n) is 1.07. The van der Waals surface area contributed by atoms with Gasteiger partial charge in [-0.3, -0.25) is 9.59 Å². The molecule has 0 saturated heterocycles. The van der Waals surface area contributed by atoms with Crippen LogP contribution >= 0.6 is 0 Å². The highest BCUT2D eigenvalue weighted by Gasteiger charge is 2.25. The van der Waals surface area contributed by atoms with Crippen LogP contribution in [0.25, 0.3) is 0 Å². The van der Waals surface area contributed by atoms with Crippen LogP contribution in [0.15, 0.2) is 0 Å². The Balaban J connectivity index is 4.60. The monoisotopic (exact) mass is 252 g/mol. The first-order valence-electron chi connectivity index (χ1n) is 4.79. The second-order valence-corrected chi connectivity index (χ2v) is 5.00. The number of nitrogens with one attached hydrogen (secondary N) is 1. The Hall–Kier alpha value is -1.15. The van der Waals surface area contributed by atoms with Gasteiger partial charge in [0.2, 0.25) is 15.9 Å². The molecule has 0 aromatic heterocycles. The van der Waals surface area contributed by atoms with Crippen LogP contribution in [0.5, 0.6) is 0 Å². The molecule has 0 aliphatic carbocycles. The first-order valence-corrected chi connectivity index (χ1v) is 6.40. The molecule has 1 amide bonds. The van der Waals surface area contributed by atoms with E-state index in [1.165, 1.54) is 0 Å². The highest BCUT2D eigenvalue weighted by atomic mass is 32.2. The van der Waals surface area contributed by atoms with Gasteiger partial charge in [-0.25, -0.2) is 8.42 Å². The van der Waals surface area contributed by atoms with Crippen molar-refractivity contribution in [3.8, 4) is 0 Å². The molecule has 2 N–H and O–H groups in total. The summed E-state index contributed by atoms with van der Waals surface area (Å²) in [6.07, 6.45) is 0. The average molecular weight is 252 g/mol. The summed E-state index contributed by atoms with van der Waals surface area (Å²) in [6, 6.07) is 0. The van der Waals surface area contributed by atoms with E-state index in [2.05, 4.69) is 5.32 Å². The van der Waals surface area contributed by atoms with Crippen molar-refractivity contribution in [3.63, 3.8) is 0 Å². The minimum atomic E-state index is -3.91. The van der Waals surface area contributed by atoms with Crippen molar-refractivity contribution in [1.29, 1.82) is 0 Å². The van der Waals surface area contributed by atoms with E-state index < -0.39 is 27.7 Å². The van der Waals surface area contributed by atoms with Gasteiger partial charge in [0.15, 0.2) is 5.75 Å². The third-order valence-electron chi connectivity index (χ3n) is 1.75. The maximum atomic E-state index is 11.5. The Morgan fingerprint density at radius 1 is 1.31 bits per heavy atom. The number of sulfonamides is 1. The van der Waals surface area contributed by atoms with Gasteiger partial charge in [-0.1, -0.05) is 6.92 Å². The standard InChI is InChI=1S/C8H16N2O5S/c1-3-9-7(11)5-10(4-2)16(14,15)6-8(12)13/h3-6H2,1-2H3,(H,9,11)(H,12,13). The van der Waals surface area contributed by atoms with Crippen molar-refractivity contribution in [1.82, 2.24) is 9.62 Å². The summed E-state index contributed by atoms with van der Waals surface area (Å²) in [4.78, 5) is 21.5. The second kappa shape index (κ2) is 6.44. The van der Waals surface area contributed by atoms with Crippen molar-refractivity contribution in [3.05, 3.63) is 0 Å². The molecule has 0 unspecified atom stereocenters. The molecule has 0 fully saturated rings.